The van der Waals surface area contributed by atoms with E-state index in [1.807, 2.05) is 19.1 Å². The van der Waals surface area contributed by atoms with Crippen molar-refractivity contribution >= 4 is 52.2 Å². The van der Waals surface area contributed by atoms with Crippen molar-refractivity contribution in [3.05, 3.63) is 52.9 Å². The fraction of sp³-hybridized carbons (Fsp3) is 0.455. The molecule has 1 aromatic carbocycles. The van der Waals surface area contributed by atoms with E-state index in [0.29, 0.717) is 24.8 Å². The van der Waals surface area contributed by atoms with Gasteiger partial charge < -0.3 is 20.3 Å². The second kappa shape index (κ2) is 12.8. The predicted octanol–water partition coefficient (Wildman–Crippen LogP) is 4.27. The molecule has 0 amide bonds. The van der Waals surface area contributed by atoms with Gasteiger partial charge in [-0.15, -0.1) is 35.3 Å². The fourth-order valence-electron chi connectivity index (χ4n) is 3.34. The summed E-state index contributed by atoms with van der Waals surface area (Å²) in [5.74, 6) is 0.558. The van der Waals surface area contributed by atoms with Crippen LogP contribution in [0.2, 0.25) is 0 Å². The number of aliphatic imine (C=N–C) groups is 1. The standard InChI is InChI=1S/C22H30N4O2S.HI/c1-3-23-22(24-16-17-7-9-18(10-8-17)21(27)28-4-2)25-19-11-13-26(14-12-19)20-6-5-15-29-20;/h5-10,15,19H,3-4,11-14,16H2,1-2H3,(H2,23,24,25);1H. The zero-order valence-corrected chi connectivity index (χ0v) is 20.7. The Morgan fingerprint density at radius 3 is 2.53 bits per heavy atom. The van der Waals surface area contributed by atoms with Crippen LogP contribution in [0.1, 0.15) is 42.6 Å². The molecule has 6 nitrogen and oxygen atoms in total. The van der Waals surface area contributed by atoms with Crippen LogP contribution in [-0.2, 0) is 11.3 Å². The molecule has 1 aliphatic rings. The Morgan fingerprint density at radius 2 is 1.93 bits per heavy atom. The molecule has 2 heterocycles. The number of ether oxygens (including phenoxy) is 1. The molecular formula is C22H31IN4O2S. The average molecular weight is 542 g/mol. The van der Waals surface area contributed by atoms with Gasteiger partial charge >= 0.3 is 5.97 Å². The number of hydrogen-bond donors (Lipinski definition) is 2. The Kier molecular flexibility index (Phi) is 10.4. The fourth-order valence-corrected chi connectivity index (χ4v) is 4.12. The van der Waals surface area contributed by atoms with Crippen LogP contribution >= 0.6 is 35.3 Å². The molecular weight excluding hydrogens is 511 g/mol. The first-order valence-electron chi connectivity index (χ1n) is 10.3. The van der Waals surface area contributed by atoms with Crippen molar-refractivity contribution in [1.82, 2.24) is 10.6 Å². The number of thiophene rings is 1. The lowest BCUT2D eigenvalue weighted by molar-refractivity contribution is 0.0526. The third kappa shape index (κ3) is 7.16. The van der Waals surface area contributed by atoms with Gasteiger partial charge in [-0.05, 0) is 61.9 Å². The number of carbonyl (C=O) groups is 1. The third-order valence-electron chi connectivity index (χ3n) is 4.88. The summed E-state index contributed by atoms with van der Waals surface area (Å²) < 4.78 is 5.02. The summed E-state index contributed by atoms with van der Waals surface area (Å²) in [5.41, 5.74) is 1.63. The van der Waals surface area contributed by atoms with Gasteiger partial charge in [-0.1, -0.05) is 12.1 Å². The number of rotatable bonds is 7. The van der Waals surface area contributed by atoms with E-state index in [-0.39, 0.29) is 29.9 Å². The number of hydrogen-bond acceptors (Lipinski definition) is 5. The maximum atomic E-state index is 11.8. The van der Waals surface area contributed by atoms with Crippen LogP contribution in [0.4, 0.5) is 5.00 Å². The maximum Gasteiger partial charge on any atom is 0.338 e. The third-order valence-corrected chi connectivity index (χ3v) is 5.81. The van der Waals surface area contributed by atoms with Gasteiger partial charge in [0.15, 0.2) is 5.96 Å². The highest BCUT2D eigenvalue weighted by atomic mass is 127. The molecule has 1 aromatic heterocycles. The first-order valence-corrected chi connectivity index (χ1v) is 11.2. The summed E-state index contributed by atoms with van der Waals surface area (Å²) in [6.07, 6.45) is 2.19. The van der Waals surface area contributed by atoms with E-state index in [1.165, 1.54) is 5.00 Å². The highest BCUT2D eigenvalue weighted by Crippen LogP contribution is 2.24. The van der Waals surface area contributed by atoms with E-state index in [2.05, 4.69) is 40.0 Å². The predicted molar refractivity (Wildman–Crippen MR) is 135 cm³/mol. The summed E-state index contributed by atoms with van der Waals surface area (Å²) in [7, 11) is 0. The molecule has 1 fully saturated rings. The smallest absolute Gasteiger partial charge is 0.338 e. The molecule has 1 aliphatic heterocycles. The molecule has 3 rings (SSSR count). The molecule has 0 atom stereocenters. The second-order valence-electron chi connectivity index (χ2n) is 6.97. The largest absolute Gasteiger partial charge is 0.462 e. The normalized spacial score (nSPS) is 14.7. The highest BCUT2D eigenvalue weighted by molar-refractivity contribution is 14.0. The van der Waals surface area contributed by atoms with E-state index in [9.17, 15) is 4.79 Å². The van der Waals surface area contributed by atoms with Crippen molar-refractivity contribution in [3.8, 4) is 0 Å². The Morgan fingerprint density at radius 1 is 1.20 bits per heavy atom. The number of anilines is 1. The lowest BCUT2D eigenvalue weighted by Gasteiger charge is -2.33. The zero-order chi connectivity index (χ0) is 20.5. The molecule has 0 unspecified atom stereocenters. The average Bonchev–Trinajstić information content (AvgIpc) is 3.28. The number of nitrogens with one attached hydrogen (secondary N) is 2. The van der Waals surface area contributed by atoms with Crippen molar-refractivity contribution in [2.45, 2.75) is 39.3 Å². The Balaban J connectivity index is 0.00000320. The number of guanidine groups is 1. The number of nitrogens with zero attached hydrogens (tertiary/aromatic N) is 2. The minimum atomic E-state index is -0.286. The monoisotopic (exact) mass is 542 g/mol. The van der Waals surface area contributed by atoms with Crippen LogP contribution in [0.5, 0.6) is 0 Å². The summed E-state index contributed by atoms with van der Waals surface area (Å²) in [6.45, 7) is 7.77. The van der Waals surface area contributed by atoms with Gasteiger partial charge in [0.25, 0.3) is 0 Å². The minimum absolute atomic E-state index is 0. The van der Waals surface area contributed by atoms with Crippen molar-refractivity contribution in [2.75, 3.05) is 31.1 Å². The molecule has 0 radical (unpaired) electrons. The van der Waals surface area contributed by atoms with E-state index < -0.39 is 0 Å². The van der Waals surface area contributed by atoms with Gasteiger partial charge in [-0.2, -0.15) is 0 Å². The highest BCUT2D eigenvalue weighted by Gasteiger charge is 2.20. The van der Waals surface area contributed by atoms with E-state index in [0.717, 1.165) is 44.0 Å². The molecule has 164 valence electrons. The molecule has 2 aromatic rings. The minimum Gasteiger partial charge on any atom is -0.462 e. The number of benzene rings is 1. The lowest BCUT2D eigenvalue weighted by atomic mass is 10.1. The molecule has 8 heteroatoms. The number of esters is 1. The van der Waals surface area contributed by atoms with Crippen molar-refractivity contribution in [1.29, 1.82) is 0 Å². The maximum absolute atomic E-state index is 11.8. The SMILES string of the molecule is CCNC(=NCc1ccc(C(=O)OCC)cc1)NC1CCN(c2cccs2)CC1.I. The summed E-state index contributed by atoms with van der Waals surface area (Å²) in [5, 5.41) is 10.4. The molecule has 0 bridgehead atoms. The van der Waals surface area contributed by atoms with E-state index in [1.54, 1.807) is 23.5 Å². The van der Waals surface area contributed by atoms with Crippen LogP contribution in [0.3, 0.4) is 0 Å². The quantitative estimate of drug-likeness (QED) is 0.237. The van der Waals surface area contributed by atoms with Crippen molar-refractivity contribution in [2.24, 2.45) is 4.99 Å². The van der Waals surface area contributed by atoms with E-state index in [4.69, 9.17) is 9.73 Å². The topological polar surface area (TPSA) is 66.0 Å². The van der Waals surface area contributed by atoms with Crippen molar-refractivity contribution in [3.63, 3.8) is 0 Å². The van der Waals surface area contributed by atoms with Crippen LogP contribution in [0, 0.1) is 0 Å². The van der Waals surface area contributed by atoms with Gasteiger partial charge in [-0.3, -0.25) is 0 Å². The Hall–Kier alpha value is -1.81. The Bertz CT molecular complexity index is 788. The zero-order valence-electron chi connectivity index (χ0n) is 17.6. The number of halogens is 1. The summed E-state index contributed by atoms with van der Waals surface area (Å²) >= 11 is 1.80. The molecule has 0 saturated carbocycles. The summed E-state index contributed by atoms with van der Waals surface area (Å²) in [6, 6.07) is 12.2. The number of piperidine rings is 1. The lowest BCUT2D eigenvalue weighted by Crippen LogP contribution is -2.48. The Labute approximate surface area is 200 Å². The second-order valence-corrected chi connectivity index (χ2v) is 7.90. The van der Waals surface area contributed by atoms with E-state index >= 15 is 0 Å². The molecule has 30 heavy (non-hydrogen) atoms. The molecule has 0 aliphatic carbocycles. The van der Waals surface area contributed by atoms with Crippen LogP contribution < -0.4 is 15.5 Å². The van der Waals surface area contributed by atoms with Gasteiger partial charge in [0, 0.05) is 25.7 Å². The van der Waals surface area contributed by atoms with Crippen LogP contribution in [0.25, 0.3) is 0 Å². The van der Waals surface area contributed by atoms with Crippen molar-refractivity contribution < 1.29 is 9.53 Å². The number of carbonyl (C=O) groups excluding carboxylic acids is 1. The first kappa shape index (κ1) is 24.5. The first-order chi connectivity index (χ1) is 14.2. The summed E-state index contributed by atoms with van der Waals surface area (Å²) in [4.78, 5) is 18.9. The van der Waals surface area contributed by atoms with Crippen LogP contribution in [-0.4, -0.2) is 44.2 Å². The van der Waals surface area contributed by atoms with Gasteiger partial charge in [0.1, 0.15) is 0 Å². The molecule has 2 N–H and O–H groups in total. The van der Waals surface area contributed by atoms with Gasteiger partial charge in [0.05, 0.1) is 23.7 Å². The molecule has 1 saturated heterocycles. The molecule has 0 spiro atoms. The van der Waals surface area contributed by atoms with Crippen LogP contribution in [0.15, 0.2) is 46.8 Å². The van der Waals surface area contributed by atoms with Gasteiger partial charge in [-0.25, -0.2) is 9.79 Å². The van der Waals surface area contributed by atoms with Gasteiger partial charge in [0.2, 0.25) is 0 Å².